The lowest BCUT2D eigenvalue weighted by Gasteiger charge is -2.03. The van der Waals surface area contributed by atoms with Gasteiger partial charge in [0, 0.05) is 17.8 Å². The highest BCUT2D eigenvalue weighted by molar-refractivity contribution is 7.10. The maximum atomic E-state index is 11.3. The Hall–Kier alpha value is -0.870. The molecule has 0 fully saturated rings. The summed E-state index contributed by atoms with van der Waals surface area (Å²) in [6, 6.07) is 2.07. The predicted molar refractivity (Wildman–Crippen MR) is 59.4 cm³/mol. The average molecular weight is 212 g/mol. The first-order chi connectivity index (χ1) is 6.74. The van der Waals surface area contributed by atoms with Crippen LogP contribution < -0.4 is 10.6 Å². The summed E-state index contributed by atoms with van der Waals surface area (Å²) in [6.45, 7) is 3.45. The summed E-state index contributed by atoms with van der Waals surface area (Å²) in [6.07, 6.45) is 0.543. The number of carbonyl (C=O) groups excluding carboxylic acids is 1. The molecule has 0 saturated carbocycles. The number of amides is 1. The van der Waals surface area contributed by atoms with Crippen LogP contribution in [-0.2, 0) is 11.3 Å². The fraction of sp³-hybridized carbons (Fsp3) is 0.500. The number of rotatable bonds is 5. The molecule has 78 valence electrons. The van der Waals surface area contributed by atoms with Gasteiger partial charge in [-0.2, -0.15) is 0 Å². The minimum Gasteiger partial charge on any atom is -0.351 e. The minimum atomic E-state index is 0.104. The van der Waals surface area contributed by atoms with Crippen LogP contribution in [0.2, 0.25) is 0 Å². The molecule has 0 aliphatic carbocycles. The SMILES string of the molecule is CNCCC(=O)NCc1sccc1C. The van der Waals surface area contributed by atoms with Crippen molar-refractivity contribution in [2.75, 3.05) is 13.6 Å². The zero-order valence-corrected chi connectivity index (χ0v) is 9.41. The normalized spacial score (nSPS) is 10.1. The molecule has 0 bridgehead atoms. The Balaban J connectivity index is 2.27. The third-order valence-corrected chi connectivity index (χ3v) is 3.04. The topological polar surface area (TPSA) is 41.1 Å². The molecule has 0 unspecified atom stereocenters. The molecule has 2 N–H and O–H groups in total. The van der Waals surface area contributed by atoms with Crippen molar-refractivity contribution in [3.63, 3.8) is 0 Å². The summed E-state index contributed by atoms with van der Waals surface area (Å²) in [5, 5.41) is 7.88. The van der Waals surface area contributed by atoms with Crippen molar-refractivity contribution in [2.24, 2.45) is 0 Å². The summed E-state index contributed by atoms with van der Waals surface area (Å²) >= 11 is 1.69. The summed E-state index contributed by atoms with van der Waals surface area (Å²) in [7, 11) is 1.84. The minimum absolute atomic E-state index is 0.104. The fourth-order valence-corrected chi connectivity index (χ4v) is 1.94. The maximum Gasteiger partial charge on any atom is 0.221 e. The van der Waals surface area contributed by atoms with E-state index in [1.807, 2.05) is 12.4 Å². The van der Waals surface area contributed by atoms with E-state index in [4.69, 9.17) is 0 Å². The molecule has 0 aromatic carbocycles. The molecule has 14 heavy (non-hydrogen) atoms. The monoisotopic (exact) mass is 212 g/mol. The van der Waals surface area contributed by atoms with E-state index in [1.165, 1.54) is 10.4 Å². The van der Waals surface area contributed by atoms with Crippen LogP contribution in [0, 0.1) is 6.92 Å². The van der Waals surface area contributed by atoms with Gasteiger partial charge in [0.25, 0.3) is 0 Å². The lowest BCUT2D eigenvalue weighted by atomic mass is 10.3. The van der Waals surface area contributed by atoms with Gasteiger partial charge in [0.05, 0.1) is 6.54 Å². The Morgan fingerprint density at radius 2 is 2.36 bits per heavy atom. The molecule has 1 amide bonds. The molecule has 1 aromatic heterocycles. The van der Waals surface area contributed by atoms with Crippen LogP contribution in [0.1, 0.15) is 16.9 Å². The molecule has 0 radical (unpaired) electrons. The third-order valence-electron chi connectivity index (χ3n) is 2.02. The van der Waals surface area contributed by atoms with Gasteiger partial charge in [-0.1, -0.05) is 0 Å². The Morgan fingerprint density at radius 1 is 1.57 bits per heavy atom. The quantitative estimate of drug-likeness (QED) is 0.772. The van der Waals surface area contributed by atoms with Crippen LogP contribution in [0.3, 0.4) is 0 Å². The van der Waals surface area contributed by atoms with Gasteiger partial charge in [-0.05, 0) is 31.0 Å². The highest BCUT2D eigenvalue weighted by Gasteiger charge is 2.02. The lowest BCUT2D eigenvalue weighted by Crippen LogP contribution is -2.25. The van der Waals surface area contributed by atoms with E-state index in [1.54, 1.807) is 11.3 Å². The molecule has 0 saturated heterocycles. The molecule has 4 heteroatoms. The van der Waals surface area contributed by atoms with Crippen LogP contribution in [-0.4, -0.2) is 19.5 Å². The fourth-order valence-electron chi connectivity index (χ4n) is 1.09. The largest absolute Gasteiger partial charge is 0.351 e. The van der Waals surface area contributed by atoms with Gasteiger partial charge in [0.15, 0.2) is 0 Å². The zero-order chi connectivity index (χ0) is 10.4. The standard InChI is InChI=1S/C10H16N2OS/c1-8-4-6-14-9(8)7-12-10(13)3-5-11-2/h4,6,11H,3,5,7H2,1-2H3,(H,12,13). The van der Waals surface area contributed by atoms with Crippen molar-refractivity contribution in [1.29, 1.82) is 0 Å². The number of hydrogen-bond acceptors (Lipinski definition) is 3. The third kappa shape index (κ3) is 3.47. The van der Waals surface area contributed by atoms with Crippen molar-refractivity contribution in [2.45, 2.75) is 19.9 Å². The summed E-state index contributed by atoms with van der Waals surface area (Å²) in [5.41, 5.74) is 1.25. The molecule has 1 rings (SSSR count). The van der Waals surface area contributed by atoms with E-state index in [0.717, 1.165) is 6.54 Å². The molecular formula is C10H16N2OS. The lowest BCUT2D eigenvalue weighted by molar-refractivity contribution is -0.121. The van der Waals surface area contributed by atoms with E-state index < -0.39 is 0 Å². The molecular weight excluding hydrogens is 196 g/mol. The second-order valence-corrected chi connectivity index (χ2v) is 4.16. The molecule has 1 aromatic rings. The average Bonchev–Trinajstić information content (AvgIpc) is 2.58. The van der Waals surface area contributed by atoms with Crippen molar-refractivity contribution in [3.05, 3.63) is 21.9 Å². The zero-order valence-electron chi connectivity index (χ0n) is 8.59. The van der Waals surface area contributed by atoms with E-state index in [-0.39, 0.29) is 5.91 Å². The Bertz CT molecular complexity index is 296. The molecule has 3 nitrogen and oxygen atoms in total. The van der Waals surface area contributed by atoms with Gasteiger partial charge in [0.2, 0.25) is 5.91 Å². The van der Waals surface area contributed by atoms with Crippen LogP contribution >= 0.6 is 11.3 Å². The first kappa shape index (κ1) is 11.2. The summed E-state index contributed by atoms with van der Waals surface area (Å²) in [4.78, 5) is 12.5. The van der Waals surface area contributed by atoms with E-state index in [2.05, 4.69) is 23.6 Å². The van der Waals surface area contributed by atoms with Crippen molar-refractivity contribution < 1.29 is 4.79 Å². The molecule has 1 heterocycles. The molecule has 0 aliphatic rings. The predicted octanol–water partition coefficient (Wildman–Crippen LogP) is 1.28. The maximum absolute atomic E-state index is 11.3. The van der Waals surface area contributed by atoms with Crippen LogP contribution in [0.5, 0.6) is 0 Å². The number of hydrogen-bond donors (Lipinski definition) is 2. The molecule has 0 spiro atoms. The van der Waals surface area contributed by atoms with Gasteiger partial charge in [-0.25, -0.2) is 0 Å². The molecule has 0 aliphatic heterocycles. The van der Waals surface area contributed by atoms with Gasteiger partial charge in [-0.15, -0.1) is 11.3 Å². The van der Waals surface area contributed by atoms with Gasteiger partial charge in [-0.3, -0.25) is 4.79 Å². The van der Waals surface area contributed by atoms with Crippen molar-refractivity contribution >= 4 is 17.2 Å². The number of nitrogens with one attached hydrogen (secondary N) is 2. The van der Waals surface area contributed by atoms with Crippen molar-refractivity contribution in [1.82, 2.24) is 10.6 Å². The van der Waals surface area contributed by atoms with Gasteiger partial charge < -0.3 is 10.6 Å². The molecule has 0 atom stereocenters. The summed E-state index contributed by atoms with van der Waals surface area (Å²) < 4.78 is 0. The first-order valence-corrected chi connectivity index (χ1v) is 5.56. The summed E-state index contributed by atoms with van der Waals surface area (Å²) in [5.74, 6) is 0.104. The van der Waals surface area contributed by atoms with Crippen molar-refractivity contribution in [3.8, 4) is 0 Å². The Kier molecular flexibility index (Phi) is 4.62. The highest BCUT2D eigenvalue weighted by Crippen LogP contribution is 2.14. The second kappa shape index (κ2) is 5.78. The number of carbonyl (C=O) groups is 1. The van der Waals surface area contributed by atoms with Gasteiger partial charge in [0.1, 0.15) is 0 Å². The Morgan fingerprint density at radius 3 is 2.93 bits per heavy atom. The highest BCUT2D eigenvalue weighted by atomic mass is 32.1. The number of aryl methyl sites for hydroxylation is 1. The number of thiophene rings is 1. The van der Waals surface area contributed by atoms with E-state index in [9.17, 15) is 4.79 Å². The van der Waals surface area contributed by atoms with E-state index in [0.29, 0.717) is 13.0 Å². The first-order valence-electron chi connectivity index (χ1n) is 4.68. The smallest absolute Gasteiger partial charge is 0.221 e. The Labute approximate surface area is 88.5 Å². The van der Waals surface area contributed by atoms with Crippen LogP contribution in [0.4, 0.5) is 0 Å². The van der Waals surface area contributed by atoms with Crippen LogP contribution in [0.15, 0.2) is 11.4 Å². The van der Waals surface area contributed by atoms with E-state index >= 15 is 0 Å². The van der Waals surface area contributed by atoms with Gasteiger partial charge >= 0.3 is 0 Å². The van der Waals surface area contributed by atoms with Crippen LogP contribution in [0.25, 0.3) is 0 Å². The second-order valence-electron chi connectivity index (χ2n) is 3.16.